The third-order valence-electron chi connectivity index (χ3n) is 3.33. The predicted octanol–water partition coefficient (Wildman–Crippen LogP) is 4.02. The molecule has 0 aliphatic carbocycles. The lowest BCUT2D eigenvalue weighted by molar-refractivity contribution is 0.496. The van der Waals surface area contributed by atoms with Gasteiger partial charge in [0.05, 0.1) is 0 Å². The van der Waals surface area contributed by atoms with Gasteiger partial charge >= 0.3 is 0 Å². The van der Waals surface area contributed by atoms with E-state index >= 15 is 0 Å². The van der Waals surface area contributed by atoms with E-state index in [0.29, 0.717) is 5.41 Å². The molecule has 0 nitrogen and oxygen atoms in total. The molecule has 1 aromatic carbocycles. The summed E-state index contributed by atoms with van der Waals surface area (Å²) in [6.07, 6.45) is 2.47. The van der Waals surface area contributed by atoms with Crippen molar-refractivity contribution in [2.45, 2.75) is 43.9 Å². The topological polar surface area (TPSA) is 0 Å². The van der Waals surface area contributed by atoms with Crippen LogP contribution in [0.25, 0.3) is 0 Å². The van der Waals surface area contributed by atoms with Gasteiger partial charge in [0.2, 0.25) is 0 Å². The Balaban J connectivity index is 2.49. The molecule has 0 saturated heterocycles. The minimum Gasteiger partial charge on any atom is -0.125 e. The van der Waals surface area contributed by atoms with Crippen molar-refractivity contribution in [3.8, 4) is 0 Å². The maximum absolute atomic E-state index is 2.35. The van der Waals surface area contributed by atoms with E-state index < -0.39 is 0 Å². The average Bonchev–Trinajstić information content (AvgIpc) is 2.64. The first kappa shape index (κ1) is 10.1. The van der Waals surface area contributed by atoms with Gasteiger partial charge in [-0.2, -0.15) is 0 Å². The Kier molecular flexibility index (Phi) is 2.61. The summed E-state index contributed by atoms with van der Waals surface area (Å²) in [5.74, 6) is 1.27. The highest BCUT2D eigenvalue weighted by molar-refractivity contribution is 7.99. The molecule has 0 amide bonds. The first-order valence-electron chi connectivity index (χ1n) is 5.40. The lowest BCUT2D eigenvalue weighted by Crippen LogP contribution is -2.16. The van der Waals surface area contributed by atoms with Crippen LogP contribution in [0.15, 0.2) is 23.1 Å². The molecule has 0 spiro atoms. The minimum atomic E-state index is 0.336. The number of hydrogen-bond acceptors (Lipinski definition) is 1. The van der Waals surface area contributed by atoms with Crippen molar-refractivity contribution in [3.63, 3.8) is 0 Å². The number of aryl methyl sites for hydroxylation is 1. The summed E-state index contributed by atoms with van der Waals surface area (Å²) in [5, 5.41) is 0. The zero-order chi connectivity index (χ0) is 10.2. The van der Waals surface area contributed by atoms with Crippen molar-refractivity contribution in [2.75, 3.05) is 5.75 Å². The van der Waals surface area contributed by atoms with E-state index in [2.05, 4.69) is 39.0 Å². The number of benzene rings is 1. The van der Waals surface area contributed by atoms with E-state index in [1.54, 1.807) is 16.0 Å². The van der Waals surface area contributed by atoms with E-state index in [9.17, 15) is 0 Å². The van der Waals surface area contributed by atoms with Gasteiger partial charge in [0, 0.05) is 10.6 Å². The summed E-state index contributed by atoms with van der Waals surface area (Å²) < 4.78 is 0. The highest BCUT2D eigenvalue weighted by Crippen LogP contribution is 2.40. The van der Waals surface area contributed by atoms with E-state index in [1.807, 2.05) is 11.8 Å². The van der Waals surface area contributed by atoms with Gasteiger partial charge in [-0.1, -0.05) is 39.0 Å². The van der Waals surface area contributed by atoms with Gasteiger partial charge in [0.1, 0.15) is 0 Å². The maximum Gasteiger partial charge on any atom is 0.0142 e. The molecule has 1 aromatic rings. The molecule has 0 bridgehead atoms. The zero-order valence-electron chi connectivity index (χ0n) is 9.26. The molecular weight excluding hydrogens is 188 g/mol. The molecule has 1 heteroatoms. The van der Waals surface area contributed by atoms with Gasteiger partial charge in [0.25, 0.3) is 0 Å². The van der Waals surface area contributed by atoms with Crippen molar-refractivity contribution < 1.29 is 0 Å². The van der Waals surface area contributed by atoms with E-state index in [1.165, 1.54) is 18.6 Å². The first-order chi connectivity index (χ1) is 6.65. The molecule has 1 aliphatic heterocycles. The summed E-state index contributed by atoms with van der Waals surface area (Å²) in [5.41, 5.74) is 3.46. The first-order valence-corrected chi connectivity index (χ1v) is 6.39. The van der Waals surface area contributed by atoms with Crippen LogP contribution in [0, 0.1) is 0 Å². The fourth-order valence-electron chi connectivity index (χ4n) is 1.94. The van der Waals surface area contributed by atoms with Crippen LogP contribution in [0.1, 0.15) is 38.3 Å². The second kappa shape index (κ2) is 3.62. The minimum absolute atomic E-state index is 0.336. The molecule has 0 aromatic heterocycles. The Morgan fingerprint density at radius 1 is 1.36 bits per heavy atom. The van der Waals surface area contributed by atoms with Gasteiger partial charge in [-0.3, -0.25) is 0 Å². The van der Waals surface area contributed by atoms with Crippen LogP contribution in [0.3, 0.4) is 0 Å². The van der Waals surface area contributed by atoms with Crippen LogP contribution in [-0.2, 0) is 11.8 Å². The van der Waals surface area contributed by atoms with Crippen LogP contribution in [0.4, 0.5) is 0 Å². The number of rotatable bonds is 2. The van der Waals surface area contributed by atoms with Crippen LogP contribution in [-0.4, -0.2) is 5.75 Å². The molecule has 76 valence electrons. The van der Waals surface area contributed by atoms with Crippen molar-refractivity contribution in [3.05, 3.63) is 29.3 Å². The molecule has 0 saturated carbocycles. The summed E-state index contributed by atoms with van der Waals surface area (Å²) in [6.45, 7) is 6.97. The second-order valence-corrected chi connectivity index (χ2v) is 5.73. The van der Waals surface area contributed by atoms with Crippen molar-refractivity contribution >= 4 is 11.8 Å². The Hall–Kier alpha value is -0.430. The normalized spacial score (nSPS) is 15.6. The van der Waals surface area contributed by atoms with Crippen LogP contribution in [0.5, 0.6) is 0 Å². The molecule has 0 N–H and O–H groups in total. The maximum atomic E-state index is 2.35. The Morgan fingerprint density at radius 2 is 2.14 bits per heavy atom. The van der Waals surface area contributed by atoms with Crippen molar-refractivity contribution in [1.82, 2.24) is 0 Å². The Labute approximate surface area is 91.1 Å². The van der Waals surface area contributed by atoms with Gasteiger partial charge < -0.3 is 0 Å². The fourth-order valence-corrected chi connectivity index (χ4v) is 3.32. The summed E-state index contributed by atoms with van der Waals surface area (Å²) in [7, 11) is 0. The number of hydrogen-bond donors (Lipinski definition) is 0. The Bertz CT molecular complexity index is 339. The van der Waals surface area contributed by atoms with Gasteiger partial charge in [-0.15, -0.1) is 11.8 Å². The average molecular weight is 206 g/mol. The van der Waals surface area contributed by atoms with Crippen molar-refractivity contribution in [1.29, 1.82) is 0 Å². The van der Waals surface area contributed by atoms with Crippen molar-refractivity contribution in [2.24, 2.45) is 0 Å². The SMILES string of the molecule is CCC(C)(C)c1cccc2c1SCC2. The molecule has 1 heterocycles. The molecule has 1 aliphatic rings. The van der Waals surface area contributed by atoms with E-state index in [4.69, 9.17) is 0 Å². The van der Waals surface area contributed by atoms with E-state index in [-0.39, 0.29) is 0 Å². The predicted molar refractivity (Wildman–Crippen MR) is 64.2 cm³/mol. The standard InChI is InChI=1S/C13H18S/c1-4-13(2,3)11-7-5-6-10-8-9-14-12(10)11/h5-7H,4,8-9H2,1-3H3. The third kappa shape index (κ3) is 1.58. The lowest BCUT2D eigenvalue weighted by atomic mass is 9.81. The molecule has 0 atom stereocenters. The Morgan fingerprint density at radius 3 is 2.86 bits per heavy atom. The molecule has 14 heavy (non-hydrogen) atoms. The highest BCUT2D eigenvalue weighted by atomic mass is 32.2. The third-order valence-corrected chi connectivity index (χ3v) is 4.51. The summed E-state index contributed by atoms with van der Waals surface area (Å²) in [6, 6.07) is 6.81. The summed E-state index contributed by atoms with van der Waals surface area (Å²) >= 11 is 2.04. The quantitative estimate of drug-likeness (QED) is 0.704. The van der Waals surface area contributed by atoms with Crippen LogP contribution in [0.2, 0.25) is 0 Å². The molecule has 2 rings (SSSR count). The number of thioether (sulfide) groups is 1. The van der Waals surface area contributed by atoms with Gasteiger partial charge in [0.15, 0.2) is 0 Å². The molecule has 0 radical (unpaired) electrons. The van der Waals surface area contributed by atoms with Crippen LogP contribution < -0.4 is 0 Å². The van der Waals surface area contributed by atoms with Gasteiger partial charge in [-0.05, 0) is 29.4 Å². The fraction of sp³-hybridized carbons (Fsp3) is 0.538. The monoisotopic (exact) mass is 206 g/mol. The number of fused-ring (bicyclic) bond motifs is 1. The van der Waals surface area contributed by atoms with Crippen LogP contribution >= 0.6 is 11.8 Å². The zero-order valence-corrected chi connectivity index (χ0v) is 10.1. The second-order valence-electron chi connectivity index (χ2n) is 4.63. The highest BCUT2D eigenvalue weighted by Gasteiger charge is 2.25. The summed E-state index contributed by atoms with van der Waals surface area (Å²) in [4.78, 5) is 1.57. The lowest BCUT2D eigenvalue weighted by Gasteiger charge is -2.25. The van der Waals surface area contributed by atoms with Gasteiger partial charge in [-0.25, -0.2) is 0 Å². The largest absolute Gasteiger partial charge is 0.125 e. The molecule has 0 fully saturated rings. The smallest absolute Gasteiger partial charge is 0.0142 e. The molecule has 0 unspecified atom stereocenters. The van der Waals surface area contributed by atoms with E-state index in [0.717, 1.165) is 0 Å². The molecular formula is C13H18S.